The average Bonchev–Trinajstić information content (AvgIpc) is 2.48. The van der Waals surface area contributed by atoms with Gasteiger partial charge in [0.25, 0.3) is 0 Å². The second-order valence-electron chi connectivity index (χ2n) is 3.97. The summed E-state index contributed by atoms with van der Waals surface area (Å²) in [5.74, 6) is 0.554. The second-order valence-corrected chi connectivity index (χ2v) is 4.88. The van der Waals surface area contributed by atoms with E-state index in [1.165, 1.54) is 11.9 Å². The van der Waals surface area contributed by atoms with Gasteiger partial charge in [-0.15, -0.1) is 0 Å². The number of hydroxylamine groups is 1. The molecule has 6 heteroatoms. The molecule has 1 heterocycles. The van der Waals surface area contributed by atoms with E-state index in [4.69, 9.17) is 9.94 Å². The number of aromatic nitrogens is 1. The molecule has 0 aliphatic carbocycles. The molecule has 0 saturated carbocycles. The fourth-order valence-corrected chi connectivity index (χ4v) is 1.83. The molecule has 0 aliphatic heterocycles. The van der Waals surface area contributed by atoms with Gasteiger partial charge in [0.05, 0.1) is 18.5 Å². The number of nitrogens with one attached hydrogen (secondary N) is 1. The summed E-state index contributed by atoms with van der Waals surface area (Å²) in [6.07, 6.45) is 3.57. The number of aliphatic imine (C=N–C) groups is 1. The van der Waals surface area contributed by atoms with E-state index in [1.54, 1.807) is 18.3 Å². The van der Waals surface area contributed by atoms with Gasteiger partial charge in [-0.25, -0.2) is 9.98 Å². The van der Waals surface area contributed by atoms with Gasteiger partial charge < -0.3 is 4.74 Å². The van der Waals surface area contributed by atoms with Gasteiger partial charge in [0, 0.05) is 17.0 Å². The van der Waals surface area contributed by atoms with Crippen molar-refractivity contribution in [1.82, 2.24) is 10.5 Å². The number of halogens is 1. The summed E-state index contributed by atoms with van der Waals surface area (Å²) in [5, 5.41) is 8.38. The Balaban J connectivity index is 1.82. The van der Waals surface area contributed by atoms with Crippen molar-refractivity contribution < 1.29 is 9.94 Å². The van der Waals surface area contributed by atoms with Crippen molar-refractivity contribution >= 4 is 28.0 Å². The third-order valence-electron chi connectivity index (χ3n) is 2.55. The zero-order valence-electron chi connectivity index (χ0n) is 10.7. The smallest absolute Gasteiger partial charge is 0.213 e. The molecule has 1 aromatic heterocycles. The van der Waals surface area contributed by atoms with E-state index in [9.17, 15) is 0 Å². The number of pyridine rings is 1. The van der Waals surface area contributed by atoms with E-state index in [1.807, 2.05) is 17.6 Å². The van der Waals surface area contributed by atoms with Crippen LogP contribution in [0.15, 0.2) is 52.1 Å². The molecule has 2 rings (SSSR count). The van der Waals surface area contributed by atoms with E-state index >= 15 is 0 Å². The molecule has 20 heavy (non-hydrogen) atoms. The van der Waals surface area contributed by atoms with Crippen LogP contribution in [0.4, 0.5) is 5.69 Å². The largest absolute Gasteiger partial charge is 0.477 e. The van der Waals surface area contributed by atoms with Crippen molar-refractivity contribution in [2.75, 3.05) is 6.61 Å². The number of hydrogen-bond acceptors (Lipinski definition) is 4. The topological polar surface area (TPSA) is 66.7 Å². The summed E-state index contributed by atoms with van der Waals surface area (Å²) in [6.45, 7) is 0.565. The van der Waals surface area contributed by atoms with Gasteiger partial charge in [-0.1, -0.05) is 28.1 Å². The molecule has 0 saturated heterocycles. The lowest BCUT2D eigenvalue weighted by molar-refractivity contribution is 0.240. The Bertz CT molecular complexity index is 556. The highest BCUT2D eigenvalue weighted by Crippen LogP contribution is 2.15. The molecule has 0 spiro atoms. The minimum Gasteiger partial charge on any atom is -0.477 e. The summed E-state index contributed by atoms with van der Waals surface area (Å²) in [5.41, 5.74) is 3.68. The van der Waals surface area contributed by atoms with Crippen LogP contribution in [0.1, 0.15) is 5.56 Å². The van der Waals surface area contributed by atoms with Gasteiger partial charge in [0.1, 0.15) is 6.34 Å². The molecule has 1 aromatic carbocycles. The first-order chi connectivity index (χ1) is 9.78. The maximum Gasteiger partial charge on any atom is 0.213 e. The van der Waals surface area contributed by atoms with Crippen LogP contribution in [0.5, 0.6) is 5.88 Å². The SMILES string of the molecule is ONC=Nc1ccc(OCCc2ccc(Br)cc2)nc1. The first-order valence-electron chi connectivity index (χ1n) is 6.03. The predicted octanol–water partition coefficient (Wildman–Crippen LogP) is 3.10. The summed E-state index contributed by atoms with van der Waals surface area (Å²) in [6, 6.07) is 11.6. The zero-order valence-corrected chi connectivity index (χ0v) is 12.2. The monoisotopic (exact) mass is 335 g/mol. The molecule has 0 fully saturated rings. The van der Waals surface area contributed by atoms with Crippen LogP contribution in [-0.2, 0) is 6.42 Å². The maximum absolute atomic E-state index is 8.38. The first-order valence-corrected chi connectivity index (χ1v) is 6.82. The Morgan fingerprint density at radius 1 is 1.25 bits per heavy atom. The van der Waals surface area contributed by atoms with Crippen LogP contribution in [0.25, 0.3) is 0 Å². The van der Waals surface area contributed by atoms with Gasteiger partial charge in [0.15, 0.2) is 0 Å². The predicted molar refractivity (Wildman–Crippen MR) is 80.7 cm³/mol. The Morgan fingerprint density at radius 2 is 2.05 bits per heavy atom. The van der Waals surface area contributed by atoms with Gasteiger partial charge in [-0.2, -0.15) is 0 Å². The molecule has 104 valence electrons. The minimum absolute atomic E-state index is 0.554. The van der Waals surface area contributed by atoms with Crippen molar-refractivity contribution in [3.63, 3.8) is 0 Å². The van der Waals surface area contributed by atoms with Crippen molar-refractivity contribution in [2.45, 2.75) is 6.42 Å². The summed E-state index contributed by atoms with van der Waals surface area (Å²) in [4.78, 5) is 8.02. The second kappa shape index (κ2) is 7.62. The van der Waals surface area contributed by atoms with Crippen LogP contribution in [0.3, 0.4) is 0 Å². The fraction of sp³-hybridized carbons (Fsp3) is 0.143. The highest BCUT2D eigenvalue weighted by Gasteiger charge is 1.97. The van der Waals surface area contributed by atoms with Gasteiger partial charge >= 0.3 is 0 Å². The molecule has 0 atom stereocenters. The lowest BCUT2D eigenvalue weighted by Crippen LogP contribution is -2.02. The van der Waals surface area contributed by atoms with Crippen LogP contribution in [-0.4, -0.2) is 23.1 Å². The highest BCUT2D eigenvalue weighted by molar-refractivity contribution is 9.10. The van der Waals surface area contributed by atoms with Crippen molar-refractivity contribution in [3.05, 3.63) is 52.6 Å². The Morgan fingerprint density at radius 3 is 2.70 bits per heavy atom. The van der Waals surface area contributed by atoms with Crippen LogP contribution >= 0.6 is 15.9 Å². The Labute approximate surface area is 125 Å². The van der Waals surface area contributed by atoms with Crippen molar-refractivity contribution in [3.8, 4) is 5.88 Å². The molecule has 0 amide bonds. The molecular formula is C14H14BrN3O2. The fourth-order valence-electron chi connectivity index (χ4n) is 1.56. The third-order valence-corrected chi connectivity index (χ3v) is 3.07. The molecule has 0 bridgehead atoms. The van der Waals surface area contributed by atoms with E-state index in [2.05, 4.69) is 38.0 Å². The number of rotatable bonds is 6. The van der Waals surface area contributed by atoms with Gasteiger partial charge in [-0.05, 0) is 23.8 Å². The molecule has 2 N–H and O–H groups in total. The minimum atomic E-state index is 0.554. The first kappa shape index (κ1) is 14.5. The summed E-state index contributed by atoms with van der Waals surface area (Å²) < 4.78 is 6.63. The zero-order chi connectivity index (χ0) is 14.2. The summed E-state index contributed by atoms with van der Waals surface area (Å²) in [7, 11) is 0. The van der Waals surface area contributed by atoms with Crippen LogP contribution < -0.4 is 10.2 Å². The quantitative estimate of drug-likeness (QED) is 0.483. The number of benzene rings is 1. The van der Waals surface area contributed by atoms with Crippen LogP contribution in [0.2, 0.25) is 0 Å². The Kier molecular flexibility index (Phi) is 5.52. The average molecular weight is 336 g/mol. The standard InChI is InChI=1S/C14H14BrN3O2/c15-12-3-1-11(2-4-12)7-8-20-14-6-5-13(9-16-14)17-10-18-19/h1-6,9-10,19H,7-8H2,(H,17,18). The van der Waals surface area contributed by atoms with E-state index in [0.29, 0.717) is 18.2 Å². The van der Waals surface area contributed by atoms with Crippen molar-refractivity contribution in [2.24, 2.45) is 4.99 Å². The lowest BCUT2D eigenvalue weighted by atomic mass is 10.2. The number of nitrogens with zero attached hydrogens (tertiary/aromatic N) is 2. The van der Waals surface area contributed by atoms with Gasteiger partial charge in [0.2, 0.25) is 5.88 Å². The number of ether oxygens (including phenoxy) is 1. The van der Waals surface area contributed by atoms with E-state index in [-0.39, 0.29) is 0 Å². The van der Waals surface area contributed by atoms with E-state index < -0.39 is 0 Å². The lowest BCUT2D eigenvalue weighted by Gasteiger charge is -2.05. The summed E-state index contributed by atoms with van der Waals surface area (Å²) >= 11 is 3.40. The Hall–Kier alpha value is -1.92. The normalized spacial score (nSPS) is 10.7. The maximum atomic E-state index is 8.38. The van der Waals surface area contributed by atoms with Crippen LogP contribution in [0, 0.1) is 0 Å². The molecule has 5 nitrogen and oxygen atoms in total. The van der Waals surface area contributed by atoms with E-state index in [0.717, 1.165) is 10.9 Å². The molecule has 0 aliphatic rings. The third kappa shape index (κ3) is 4.64. The number of hydrogen-bond donors (Lipinski definition) is 2. The highest BCUT2D eigenvalue weighted by atomic mass is 79.9. The molecule has 0 radical (unpaired) electrons. The molecular weight excluding hydrogens is 322 g/mol. The molecule has 0 unspecified atom stereocenters. The van der Waals surface area contributed by atoms with Gasteiger partial charge in [-0.3, -0.25) is 10.7 Å². The molecule has 2 aromatic rings. The van der Waals surface area contributed by atoms with Crippen molar-refractivity contribution in [1.29, 1.82) is 0 Å².